The van der Waals surface area contributed by atoms with E-state index in [1.165, 1.54) is 22.3 Å². The molecular weight excluding hydrogens is 336 g/mol. The van der Waals surface area contributed by atoms with Crippen LogP contribution < -0.4 is 5.32 Å². The predicted molar refractivity (Wildman–Crippen MR) is 106 cm³/mol. The molecule has 0 bridgehead atoms. The smallest absolute Gasteiger partial charge is 0.269 e. The molecule has 0 saturated heterocycles. The second-order valence-corrected chi connectivity index (χ2v) is 7.61. The lowest BCUT2D eigenvalue weighted by Crippen LogP contribution is -2.30. The van der Waals surface area contributed by atoms with Crippen molar-refractivity contribution in [3.05, 3.63) is 105 Å². The normalized spacial score (nSPS) is 22.3. The van der Waals surface area contributed by atoms with Crippen LogP contribution in [0.3, 0.4) is 0 Å². The molecule has 1 heterocycles. The minimum Gasteiger partial charge on any atom is -0.378 e. The van der Waals surface area contributed by atoms with E-state index in [0.29, 0.717) is 5.92 Å². The van der Waals surface area contributed by atoms with Gasteiger partial charge in [0, 0.05) is 23.7 Å². The number of nitro benzene ring substituents is 1. The first-order valence-electron chi connectivity index (χ1n) is 9.31. The Balaban J connectivity index is 1.69. The van der Waals surface area contributed by atoms with Gasteiger partial charge in [0.25, 0.3) is 5.69 Å². The number of fused-ring (bicyclic) bond motifs is 5. The number of nitrogens with zero attached hydrogens (tertiary/aromatic N) is 1. The number of benzene rings is 3. The van der Waals surface area contributed by atoms with Gasteiger partial charge in [-0.1, -0.05) is 54.1 Å². The molecule has 2 aliphatic rings. The standard InChI is InChI=1S/C23H20N2O2/c1-14-5-4-7-16(11-14)23-20-12-15-6-2-3-8-18(15)22(20)19-13-17(25(26)27)9-10-21(19)24-23/h2-11,13,20,22-24H,12H2,1H3/t20-,22+,23+/m1/s1. The molecule has 134 valence electrons. The van der Waals surface area contributed by atoms with Crippen LogP contribution in [0.4, 0.5) is 11.4 Å². The lowest BCUT2D eigenvalue weighted by Gasteiger charge is -2.38. The van der Waals surface area contributed by atoms with Crippen LogP contribution in [0.2, 0.25) is 0 Å². The van der Waals surface area contributed by atoms with Gasteiger partial charge < -0.3 is 5.32 Å². The highest BCUT2D eigenvalue weighted by Crippen LogP contribution is 2.54. The molecule has 1 aliphatic heterocycles. The topological polar surface area (TPSA) is 55.2 Å². The minimum atomic E-state index is -0.303. The van der Waals surface area contributed by atoms with E-state index in [1.807, 2.05) is 6.07 Å². The van der Waals surface area contributed by atoms with E-state index < -0.39 is 0 Å². The largest absolute Gasteiger partial charge is 0.378 e. The summed E-state index contributed by atoms with van der Waals surface area (Å²) < 4.78 is 0. The van der Waals surface area contributed by atoms with Gasteiger partial charge in [0.2, 0.25) is 0 Å². The van der Waals surface area contributed by atoms with Gasteiger partial charge in [-0.2, -0.15) is 0 Å². The zero-order chi connectivity index (χ0) is 18.5. The molecule has 3 aromatic carbocycles. The number of hydrogen-bond donors (Lipinski definition) is 1. The van der Waals surface area contributed by atoms with Gasteiger partial charge in [0.15, 0.2) is 0 Å². The van der Waals surface area contributed by atoms with Crippen molar-refractivity contribution < 1.29 is 4.92 Å². The first-order chi connectivity index (χ1) is 13.1. The summed E-state index contributed by atoms with van der Waals surface area (Å²) in [6.45, 7) is 2.12. The molecule has 3 atom stereocenters. The maximum Gasteiger partial charge on any atom is 0.269 e. The number of anilines is 1. The van der Waals surface area contributed by atoms with Crippen LogP contribution in [0.1, 0.15) is 39.8 Å². The Morgan fingerprint density at radius 3 is 2.67 bits per heavy atom. The Hall–Kier alpha value is -3.14. The third-order valence-corrected chi connectivity index (χ3v) is 6.00. The first kappa shape index (κ1) is 16.1. The molecular formula is C23H20N2O2. The molecule has 4 heteroatoms. The third-order valence-electron chi connectivity index (χ3n) is 6.00. The SMILES string of the molecule is Cc1cccc([C@@H]2Nc3ccc([N+](=O)[O-])cc3[C@@H]3c4ccccc4C[C@H]32)c1. The summed E-state index contributed by atoms with van der Waals surface area (Å²) >= 11 is 0. The molecule has 4 nitrogen and oxygen atoms in total. The van der Waals surface area contributed by atoms with Gasteiger partial charge in [0.05, 0.1) is 11.0 Å². The van der Waals surface area contributed by atoms with Crippen LogP contribution in [-0.2, 0) is 6.42 Å². The molecule has 0 spiro atoms. The summed E-state index contributed by atoms with van der Waals surface area (Å²) in [5.41, 5.74) is 7.40. The second-order valence-electron chi connectivity index (χ2n) is 7.61. The van der Waals surface area contributed by atoms with Crippen LogP contribution in [0.25, 0.3) is 0 Å². The van der Waals surface area contributed by atoms with Crippen molar-refractivity contribution in [1.82, 2.24) is 0 Å². The zero-order valence-corrected chi connectivity index (χ0v) is 15.1. The summed E-state index contributed by atoms with van der Waals surface area (Å²) in [6.07, 6.45) is 0.981. The predicted octanol–water partition coefficient (Wildman–Crippen LogP) is 5.37. The van der Waals surface area contributed by atoms with E-state index in [-0.39, 0.29) is 22.6 Å². The van der Waals surface area contributed by atoms with E-state index >= 15 is 0 Å². The van der Waals surface area contributed by atoms with Crippen LogP contribution in [0.15, 0.2) is 66.7 Å². The number of non-ortho nitro benzene ring substituents is 1. The Bertz CT molecular complexity index is 1060. The maximum atomic E-state index is 11.3. The summed E-state index contributed by atoms with van der Waals surface area (Å²) in [6, 6.07) is 22.6. The van der Waals surface area contributed by atoms with Crippen molar-refractivity contribution in [1.29, 1.82) is 0 Å². The molecule has 0 radical (unpaired) electrons. The van der Waals surface area contributed by atoms with Crippen molar-refractivity contribution in [3.63, 3.8) is 0 Å². The van der Waals surface area contributed by atoms with Gasteiger partial charge in [-0.05, 0) is 47.6 Å². The quantitative estimate of drug-likeness (QED) is 0.496. The average molecular weight is 356 g/mol. The molecule has 5 rings (SSSR count). The van der Waals surface area contributed by atoms with E-state index in [9.17, 15) is 10.1 Å². The van der Waals surface area contributed by atoms with Crippen LogP contribution in [0, 0.1) is 23.0 Å². The number of nitro groups is 1. The Kier molecular flexibility index (Phi) is 3.54. The monoisotopic (exact) mass is 356 g/mol. The van der Waals surface area contributed by atoms with Crippen molar-refractivity contribution in [2.75, 3.05) is 5.32 Å². The van der Waals surface area contributed by atoms with E-state index in [2.05, 4.69) is 60.8 Å². The summed E-state index contributed by atoms with van der Waals surface area (Å²) in [4.78, 5) is 11.0. The van der Waals surface area contributed by atoms with Crippen LogP contribution >= 0.6 is 0 Å². The number of aryl methyl sites for hydroxylation is 1. The fourth-order valence-electron chi connectivity index (χ4n) is 4.86. The Labute approximate surface area is 158 Å². The first-order valence-corrected chi connectivity index (χ1v) is 9.31. The van der Waals surface area contributed by atoms with Gasteiger partial charge in [0.1, 0.15) is 0 Å². The molecule has 1 N–H and O–H groups in total. The van der Waals surface area contributed by atoms with Crippen LogP contribution in [0.5, 0.6) is 0 Å². The summed E-state index contributed by atoms with van der Waals surface area (Å²) in [5, 5.41) is 15.0. The zero-order valence-electron chi connectivity index (χ0n) is 15.1. The van der Waals surface area contributed by atoms with Gasteiger partial charge in [-0.3, -0.25) is 10.1 Å². The van der Waals surface area contributed by atoms with Crippen molar-refractivity contribution in [2.24, 2.45) is 5.92 Å². The van der Waals surface area contributed by atoms with Gasteiger partial charge in [-0.25, -0.2) is 0 Å². The molecule has 0 unspecified atom stereocenters. The third kappa shape index (κ3) is 2.52. The van der Waals surface area contributed by atoms with Crippen molar-refractivity contribution >= 4 is 11.4 Å². The van der Waals surface area contributed by atoms with Crippen LogP contribution in [-0.4, -0.2) is 4.92 Å². The molecule has 27 heavy (non-hydrogen) atoms. The molecule has 0 aromatic heterocycles. The second kappa shape index (κ2) is 5.95. The number of hydrogen-bond acceptors (Lipinski definition) is 3. The van der Waals surface area contributed by atoms with Crippen molar-refractivity contribution in [3.8, 4) is 0 Å². The highest BCUT2D eigenvalue weighted by atomic mass is 16.6. The molecule has 0 saturated carbocycles. The van der Waals surface area contributed by atoms with Gasteiger partial charge in [-0.15, -0.1) is 0 Å². The minimum absolute atomic E-state index is 0.160. The molecule has 0 amide bonds. The highest BCUT2D eigenvalue weighted by Gasteiger charge is 2.43. The summed E-state index contributed by atoms with van der Waals surface area (Å²) in [5.74, 6) is 0.529. The summed E-state index contributed by atoms with van der Waals surface area (Å²) in [7, 11) is 0. The number of nitrogens with one attached hydrogen (secondary N) is 1. The van der Waals surface area contributed by atoms with E-state index in [4.69, 9.17) is 0 Å². The fraction of sp³-hybridized carbons (Fsp3) is 0.217. The maximum absolute atomic E-state index is 11.3. The molecule has 0 fully saturated rings. The molecule has 1 aliphatic carbocycles. The lowest BCUT2D eigenvalue weighted by molar-refractivity contribution is -0.384. The number of rotatable bonds is 2. The average Bonchev–Trinajstić information content (AvgIpc) is 3.06. The lowest BCUT2D eigenvalue weighted by atomic mass is 9.75. The van der Waals surface area contributed by atoms with E-state index in [0.717, 1.165) is 17.7 Å². The van der Waals surface area contributed by atoms with E-state index in [1.54, 1.807) is 12.1 Å². The highest BCUT2D eigenvalue weighted by molar-refractivity contribution is 5.65. The Morgan fingerprint density at radius 1 is 1.00 bits per heavy atom. The van der Waals surface area contributed by atoms with Crippen molar-refractivity contribution in [2.45, 2.75) is 25.3 Å². The Morgan fingerprint density at radius 2 is 1.85 bits per heavy atom. The molecule has 3 aromatic rings. The van der Waals surface area contributed by atoms with Gasteiger partial charge >= 0.3 is 0 Å². The fourth-order valence-corrected chi connectivity index (χ4v) is 4.86.